The molecule has 6 heteroatoms. The van der Waals surface area contributed by atoms with E-state index in [0.717, 1.165) is 77.0 Å². The molecule has 0 radical (unpaired) electrons. The molecule has 72 heavy (non-hydrogen) atoms. The Kier molecular flexibility index (Phi) is 58.7. The van der Waals surface area contributed by atoms with Crippen molar-refractivity contribution in [1.82, 2.24) is 0 Å². The molecule has 6 nitrogen and oxygen atoms in total. The van der Waals surface area contributed by atoms with Crippen LogP contribution in [0.4, 0.5) is 0 Å². The van der Waals surface area contributed by atoms with Crippen LogP contribution in [-0.2, 0) is 28.6 Å². The van der Waals surface area contributed by atoms with Crippen molar-refractivity contribution >= 4 is 17.9 Å². The number of allylic oxidation sites excluding steroid dienone is 8. The predicted molar refractivity (Wildman–Crippen MR) is 312 cm³/mol. The zero-order valence-corrected chi connectivity index (χ0v) is 48.2. The minimum absolute atomic E-state index is 0.0756. The van der Waals surface area contributed by atoms with E-state index >= 15 is 0 Å². The standard InChI is InChI=1S/C66H120O6/c1-4-7-10-13-16-19-22-24-26-28-30-32-33-35-36-38-40-42-44-47-50-53-56-59-65(68)71-62-63(61-70-64(67)58-55-52-49-46-21-18-15-12-9-6-3)72-66(69)60-57-54-51-48-45-43-41-39-37-34-31-29-27-25-23-20-17-14-11-8-5-2/h12,15,22,24,28-31,63H,4-11,13-14,16-21,23,25-27,32-62H2,1-3H3/b15-12-,24-22-,30-28-,31-29-. The van der Waals surface area contributed by atoms with Crippen molar-refractivity contribution in [2.75, 3.05) is 13.2 Å². The number of esters is 3. The highest BCUT2D eigenvalue weighted by molar-refractivity contribution is 5.71. The fourth-order valence-electron chi connectivity index (χ4n) is 9.24. The molecule has 0 heterocycles. The van der Waals surface area contributed by atoms with Crippen molar-refractivity contribution < 1.29 is 28.6 Å². The molecular formula is C66H120O6. The van der Waals surface area contributed by atoms with Gasteiger partial charge in [-0.2, -0.15) is 0 Å². The van der Waals surface area contributed by atoms with Gasteiger partial charge in [0.05, 0.1) is 0 Å². The number of carbonyl (C=O) groups is 3. The van der Waals surface area contributed by atoms with Crippen molar-refractivity contribution in [3.8, 4) is 0 Å². The zero-order chi connectivity index (χ0) is 52.2. The van der Waals surface area contributed by atoms with Crippen LogP contribution < -0.4 is 0 Å². The van der Waals surface area contributed by atoms with Gasteiger partial charge in [-0.15, -0.1) is 0 Å². The first kappa shape index (κ1) is 69.4. The maximum atomic E-state index is 12.9. The molecular weight excluding hydrogens is 889 g/mol. The molecule has 0 saturated carbocycles. The van der Waals surface area contributed by atoms with Crippen LogP contribution in [-0.4, -0.2) is 37.2 Å². The van der Waals surface area contributed by atoms with Gasteiger partial charge in [0, 0.05) is 19.3 Å². The number of hydrogen-bond donors (Lipinski definition) is 0. The fourth-order valence-corrected chi connectivity index (χ4v) is 9.24. The molecule has 1 atom stereocenters. The van der Waals surface area contributed by atoms with E-state index in [1.807, 2.05) is 0 Å². The Morgan fingerprint density at radius 1 is 0.278 bits per heavy atom. The average molecular weight is 1010 g/mol. The Hall–Kier alpha value is -2.63. The Morgan fingerprint density at radius 2 is 0.528 bits per heavy atom. The molecule has 0 aliphatic carbocycles. The predicted octanol–water partition coefficient (Wildman–Crippen LogP) is 21.4. The third-order valence-electron chi connectivity index (χ3n) is 14.0. The summed E-state index contributed by atoms with van der Waals surface area (Å²) in [5.41, 5.74) is 0. The lowest BCUT2D eigenvalue weighted by molar-refractivity contribution is -0.167. The summed E-state index contributed by atoms with van der Waals surface area (Å²) < 4.78 is 16.9. The molecule has 0 N–H and O–H groups in total. The second kappa shape index (κ2) is 60.9. The first-order valence-electron chi connectivity index (χ1n) is 31.6. The van der Waals surface area contributed by atoms with Crippen molar-refractivity contribution in [1.29, 1.82) is 0 Å². The van der Waals surface area contributed by atoms with E-state index in [0.29, 0.717) is 19.3 Å². The fraction of sp³-hybridized carbons (Fsp3) is 0.833. The van der Waals surface area contributed by atoms with Gasteiger partial charge < -0.3 is 14.2 Å². The molecule has 0 aromatic rings. The smallest absolute Gasteiger partial charge is 0.306 e. The van der Waals surface area contributed by atoms with Gasteiger partial charge in [-0.1, -0.05) is 268 Å². The van der Waals surface area contributed by atoms with Crippen molar-refractivity contribution in [2.24, 2.45) is 0 Å². The van der Waals surface area contributed by atoms with Gasteiger partial charge in [0.15, 0.2) is 6.10 Å². The van der Waals surface area contributed by atoms with Gasteiger partial charge in [-0.05, 0) is 96.3 Å². The maximum Gasteiger partial charge on any atom is 0.306 e. The van der Waals surface area contributed by atoms with Gasteiger partial charge in [-0.3, -0.25) is 14.4 Å². The molecule has 0 aliphatic heterocycles. The largest absolute Gasteiger partial charge is 0.462 e. The van der Waals surface area contributed by atoms with Gasteiger partial charge in [0.2, 0.25) is 0 Å². The summed E-state index contributed by atoms with van der Waals surface area (Å²) in [5.74, 6) is -0.874. The highest BCUT2D eigenvalue weighted by atomic mass is 16.6. The van der Waals surface area contributed by atoms with Gasteiger partial charge in [0.1, 0.15) is 13.2 Å². The first-order chi connectivity index (χ1) is 35.5. The molecule has 0 saturated heterocycles. The highest BCUT2D eigenvalue weighted by Gasteiger charge is 2.19. The summed E-state index contributed by atoms with van der Waals surface area (Å²) in [6.45, 7) is 6.60. The molecule has 0 amide bonds. The van der Waals surface area contributed by atoms with Crippen LogP contribution >= 0.6 is 0 Å². The molecule has 0 aromatic carbocycles. The number of ether oxygens (including phenoxy) is 3. The molecule has 420 valence electrons. The number of hydrogen-bond acceptors (Lipinski definition) is 6. The van der Waals surface area contributed by atoms with Crippen LogP contribution in [0.15, 0.2) is 48.6 Å². The van der Waals surface area contributed by atoms with E-state index in [9.17, 15) is 14.4 Å². The number of rotatable bonds is 58. The minimum Gasteiger partial charge on any atom is -0.462 e. The molecule has 0 aromatic heterocycles. The Morgan fingerprint density at radius 3 is 0.833 bits per heavy atom. The van der Waals surface area contributed by atoms with E-state index in [1.54, 1.807) is 0 Å². The molecule has 0 fully saturated rings. The summed E-state index contributed by atoms with van der Waals surface area (Å²) in [5, 5.41) is 0. The van der Waals surface area contributed by atoms with Gasteiger partial charge >= 0.3 is 17.9 Å². The zero-order valence-electron chi connectivity index (χ0n) is 48.2. The first-order valence-corrected chi connectivity index (χ1v) is 31.6. The Bertz CT molecular complexity index is 1250. The number of unbranched alkanes of at least 4 members (excludes halogenated alkanes) is 39. The van der Waals surface area contributed by atoms with Gasteiger partial charge in [0.25, 0.3) is 0 Å². The van der Waals surface area contributed by atoms with Crippen LogP contribution in [0, 0.1) is 0 Å². The topological polar surface area (TPSA) is 78.9 Å². The van der Waals surface area contributed by atoms with Gasteiger partial charge in [-0.25, -0.2) is 0 Å². The second-order valence-electron chi connectivity index (χ2n) is 21.3. The molecule has 1 unspecified atom stereocenters. The summed E-state index contributed by atoms with van der Waals surface area (Å²) >= 11 is 0. The van der Waals surface area contributed by atoms with E-state index in [4.69, 9.17) is 14.2 Å². The highest BCUT2D eigenvalue weighted by Crippen LogP contribution is 2.17. The monoisotopic (exact) mass is 1010 g/mol. The van der Waals surface area contributed by atoms with Crippen molar-refractivity contribution in [3.05, 3.63) is 48.6 Å². The van der Waals surface area contributed by atoms with Crippen molar-refractivity contribution in [3.63, 3.8) is 0 Å². The quantitative estimate of drug-likeness (QED) is 0.0261. The molecule has 0 spiro atoms. The van der Waals surface area contributed by atoms with E-state index < -0.39 is 6.10 Å². The summed E-state index contributed by atoms with van der Waals surface area (Å²) in [6.07, 6.45) is 75.5. The SMILES string of the molecule is CCC/C=C\CCCCCCCC(=O)OCC(COC(=O)CCCCCCCCCCCCC/C=C\C/C=C\CCCCCCC)OC(=O)CCCCCCCCCCC/C=C\CCCCCCCCCC. The summed E-state index contributed by atoms with van der Waals surface area (Å²) in [7, 11) is 0. The minimum atomic E-state index is -0.777. The van der Waals surface area contributed by atoms with Crippen LogP contribution in [0.5, 0.6) is 0 Å². The molecule has 0 aliphatic rings. The third kappa shape index (κ3) is 58.3. The van der Waals surface area contributed by atoms with Crippen molar-refractivity contribution in [2.45, 2.75) is 341 Å². The van der Waals surface area contributed by atoms with Crippen LogP contribution in [0.25, 0.3) is 0 Å². The van der Waals surface area contributed by atoms with E-state index in [-0.39, 0.29) is 31.1 Å². The van der Waals surface area contributed by atoms with E-state index in [1.165, 1.54) is 218 Å². The number of carbonyl (C=O) groups excluding carboxylic acids is 3. The molecule has 0 bridgehead atoms. The average Bonchev–Trinajstić information content (AvgIpc) is 3.38. The third-order valence-corrected chi connectivity index (χ3v) is 14.0. The lowest BCUT2D eigenvalue weighted by Crippen LogP contribution is -2.30. The van der Waals surface area contributed by atoms with E-state index in [2.05, 4.69) is 69.4 Å². The van der Waals surface area contributed by atoms with Crippen LogP contribution in [0.3, 0.4) is 0 Å². The summed E-state index contributed by atoms with van der Waals surface area (Å²) in [6, 6.07) is 0. The summed E-state index contributed by atoms with van der Waals surface area (Å²) in [4.78, 5) is 38.2. The second-order valence-corrected chi connectivity index (χ2v) is 21.3. The lowest BCUT2D eigenvalue weighted by atomic mass is 10.0. The maximum absolute atomic E-state index is 12.9. The molecule has 0 rings (SSSR count). The van der Waals surface area contributed by atoms with Crippen LogP contribution in [0.1, 0.15) is 335 Å². The Labute approximate surface area is 448 Å². The van der Waals surface area contributed by atoms with Crippen LogP contribution in [0.2, 0.25) is 0 Å². The lowest BCUT2D eigenvalue weighted by Gasteiger charge is -2.18. The normalized spacial score (nSPS) is 12.3. The Balaban J connectivity index is 4.23.